The topological polar surface area (TPSA) is 17.1 Å². The minimum absolute atomic E-state index is 0.122. The zero-order chi connectivity index (χ0) is 15.7. The number of rotatable bonds is 3. The summed E-state index contributed by atoms with van der Waals surface area (Å²) in [6.45, 7) is 0. The van der Waals surface area contributed by atoms with Crippen LogP contribution in [0.5, 0.6) is 0 Å². The van der Waals surface area contributed by atoms with Crippen LogP contribution in [0, 0.1) is 0 Å². The van der Waals surface area contributed by atoms with Crippen molar-refractivity contribution in [1.29, 1.82) is 0 Å². The molecular formula is C15H15F5O. The van der Waals surface area contributed by atoms with E-state index in [1.807, 2.05) is 0 Å². The molecular weight excluding hydrogens is 291 g/mol. The molecule has 1 saturated carbocycles. The third-order valence-electron chi connectivity index (χ3n) is 3.89. The Balaban J connectivity index is 2.38. The smallest absolute Gasteiger partial charge is 0.287 e. The van der Waals surface area contributed by atoms with Crippen molar-refractivity contribution in [1.82, 2.24) is 0 Å². The van der Waals surface area contributed by atoms with Crippen molar-refractivity contribution in [3.63, 3.8) is 0 Å². The van der Waals surface area contributed by atoms with Crippen molar-refractivity contribution < 1.29 is 26.7 Å². The maximum atomic E-state index is 13.3. The summed E-state index contributed by atoms with van der Waals surface area (Å²) in [5.41, 5.74) is -0.196. The number of ketones is 1. The molecule has 0 aliphatic heterocycles. The van der Waals surface area contributed by atoms with E-state index in [4.69, 9.17) is 0 Å². The molecule has 2 rings (SSSR count). The summed E-state index contributed by atoms with van der Waals surface area (Å²) in [4.78, 5) is 11.7. The van der Waals surface area contributed by atoms with Crippen LogP contribution in [0.25, 0.3) is 0 Å². The lowest BCUT2D eigenvalue weighted by Crippen LogP contribution is -2.44. The Labute approximate surface area is 119 Å². The van der Waals surface area contributed by atoms with Gasteiger partial charge in [-0.2, -0.15) is 22.0 Å². The van der Waals surface area contributed by atoms with E-state index >= 15 is 0 Å². The number of alkyl halides is 5. The van der Waals surface area contributed by atoms with Crippen molar-refractivity contribution in [2.45, 2.75) is 50.1 Å². The van der Waals surface area contributed by atoms with Crippen molar-refractivity contribution >= 4 is 5.78 Å². The molecule has 0 saturated heterocycles. The summed E-state index contributed by atoms with van der Waals surface area (Å²) in [7, 11) is 0. The number of benzene rings is 1. The third-order valence-corrected chi connectivity index (χ3v) is 3.89. The first-order chi connectivity index (χ1) is 9.75. The standard InChI is InChI=1S/C15H15F5O/c16-14(17,15(18,19)20)13(21)12-9-5-4-8-11(12)10-6-2-1-3-7-10/h4-5,8-10H,1-3,6-7H2. The Morgan fingerprint density at radius 1 is 0.952 bits per heavy atom. The highest BCUT2D eigenvalue weighted by molar-refractivity contribution is 6.03. The molecule has 0 atom stereocenters. The minimum Gasteiger partial charge on any atom is -0.287 e. The molecule has 1 aromatic rings. The lowest BCUT2D eigenvalue weighted by Gasteiger charge is -2.25. The second-order valence-corrected chi connectivity index (χ2v) is 5.32. The van der Waals surface area contributed by atoms with Gasteiger partial charge in [0.25, 0.3) is 0 Å². The van der Waals surface area contributed by atoms with Crippen LogP contribution < -0.4 is 0 Å². The number of carbonyl (C=O) groups is 1. The fraction of sp³-hybridized carbons (Fsp3) is 0.533. The molecule has 21 heavy (non-hydrogen) atoms. The van der Waals surface area contributed by atoms with Crippen LogP contribution in [0.4, 0.5) is 22.0 Å². The van der Waals surface area contributed by atoms with Crippen molar-refractivity contribution in [3.8, 4) is 0 Å². The predicted octanol–water partition coefficient (Wildman–Crippen LogP) is 5.11. The fourth-order valence-electron chi connectivity index (χ4n) is 2.77. The van der Waals surface area contributed by atoms with E-state index in [1.54, 1.807) is 6.07 Å². The van der Waals surface area contributed by atoms with Crippen LogP contribution in [0.1, 0.15) is 53.9 Å². The molecule has 0 radical (unpaired) electrons. The van der Waals surface area contributed by atoms with E-state index < -0.39 is 23.4 Å². The van der Waals surface area contributed by atoms with E-state index in [2.05, 4.69) is 0 Å². The summed E-state index contributed by atoms with van der Waals surface area (Å²) in [5, 5.41) is 0. The van der Waals surface area contributed by atoms with Gasteiger partial charge in [-0.25, -0.2) is 0 Å². The number of halogens is 5. The molecule has 1 aromatic carbocycles. The number of carbonyl (C=O) groups excluding carboxylic acids is 1. The van der Waals surface area contributed by atoms with Gasteiger partial charge in [-0.05, 0) is 24.3 Å². The molecule has 0 heterocycles. The van der Waals surface area contributed by atoms with Crippen LogP contribution in [0.3, 0.4) is 0 Å². The average molecular weight is 306 g/mol. The van der Waals surface area contributed by atoms with Gasteiger partial charge in [-0.1, -0.05) is 43.5 Å². The van der Waals surface area contributed by atoms with Gasteiger partial charge in [0.15, 0.2) is 0 Å². The predicted molar refractivity (Wildman–Crippen MR) is 67.6 cm³/mol. The van der Waals surface area contributed by atoms with Gasteiger partial charge in [0.05, 0.1) is 0 Å². The van der Waals surface area contributed by atoms with Crippen molar-refractivity contribution in [2.75, 3.05) is 0 Å². The first-order valence-electron chi connectivity index (χ1n) is 6.83. The minimum atomic E-state index is -5.87. The molecule has 1 fully saturated rings. The number of Topliss-reactive ketones (excluding diaryl/α,β-unsaturated/α-hetero) is 1. The van der Waals surface area contributed by atoms with Crippen LogP contribution in [-0.2, 0) is 0 Å². The lowest BCUT2D eigenvalue weighted by molar-refractivity contribution is -0.255. The van der Waals surface area contributed by atoms with Crippen LogP contribution in [-0.4, -0.2) is 17.9 Å². The highest BCUT2D eigenvalue weighted by atomic mass is 19.4. The Morgan fingerprint density at radius 2 is 1.52 bits per heavy atom. The highest BCUT2D eigenvalue weighted by Gasteiger charge is 2.63. The Morgan fingerprint density at radius 3 is 2.10 bits per heavy atom. The van der Waals surface area contributed by atoms with E-state index in [0.717, 1.165) is 25.3 Å². The summed E-state index contributed by atoms with van der Waals surface area (Å²) in [6, 6.07) is 5.42. The average Bonchev–Trinajstić information content (AvgIpc) is 2.46. The van der Waals surface area contributed by atoms with E-state index in [0.29, 0.717) is 18.4 Å². The summed E-state index contributed by atoms with van der Waals surface area (Å²) >= 11 is 0. The number of hydrogen-bond acceptors (Lipinski definition) is 1. The Hall–Kier alpha value is -1.46. The van der Waals surface area contributed by atoms with E-state index in [1.165, 1.54) is 12.1 Å². The first kappa shape index (κ1) is 15.9. The SMILES string of the molecule is O=C(c1ccccc1C1CCCCC1)C(F)(F)C(F)(F)F. The lowest BCUT2D eigenvalue weighted by atomic mass is 9.81. The zero-order valence-corrected chi connectivity index (χ0v) is 11.2. The van der Waals surface area contributed by atoms with Crippen LogP contribution >= 0.6 is 0 Å². The molecule has 0 N–H and O–H groups in total. The van der Waals surface area contributed by atoms with Gasteiger partial charge in [-0.3, -0.25) is 4.79 Å². The maximum Gasteiger partial charge on any atom is 0.461 e. The van der Waals surface area contributed by atoms with Gasteiger partial charge in [0, 0.05) is 5.56 Å². The molecule has 0 bridgehead atoms. The monoisotopic (exact) mass is 306 g/mol. The van der Waals surface area contributed by atoms with Crippen LogP contribution in [0.15, 0.2) is 24.3 Å². The molecule has 0 spiro atoms. The summed E-state index contributed by atoms with van der Waals surface area (Å²) in [5.74, 6) is -7.63. The van der Waals surface area contributed by atoms with Crippen molar-refractivity contribution in [2.24, 2.45) is 0 Å². The summed E-state index contributed by atoms with van der Waals surface area (Å²) in [6.07, 6.45) is -1.65. The van der Waals surface area contributed by atoms with Crippen molar-refractivity contribution in [3.05, 3.63) is 35.4 Å². The molecule has 0 aromatic heterocycles. The van der Waals surface area contributed by atoms with Gasteiger partial charge in [-0.15, -0.1) is 0 Å². The molecule has 1 nitrogen and oxygen atoms in total. The summed E-state index contributed by atoms with van der Waals surface area (Å²) < 4.78 is 63.7. The van der Waals surface area contributed by atoms with Gasteiger partial charge >= 0.3 is 12.1 Å². The molecule has 1 aliphatic carbocycles. The third kappa shape index (κ3) is 3.09. The molecule has 0 amide bonds. The quantitative estimate of drug-likeness (QED) is 0.560. The zero-order valence-electron chi connectivity index (χ0n) is 11.2. The highest BCUT2D eigenvalue weighted by Crippen LogP contribution is 2.41. The Kier molecular flexibility index (Phi) is 4.35. The molecule has 0 unspecified atom stereocenters. The van der Waals surface area contributed by atoms with Crippen LogP contribution in [0.2, 0.25) is 0 Å². The first-order valence-corrected chi connectivity index (χ1v) is 6.83. The molecule has 116 valence electrons. The second kappa shape index (κ2) is 5.73. The number of hydrogen-bond donors (Lipinski definition) is 0. The van der Waals surface area contributed by atoms with E-state index in [9.17, 15) is 26.7 Å². The molecule has 1 aliphatic rings. The fourth-order valence-corrected chi connectivity index (χ4v) is 2.77. The Bertz CT molecular complexity index is 515. The van der Waals surface area contributed by atoms with Gasteiger partial charge in [0.1, 0.15) is 0 Å². The van der Waals surface area contributed by atoms with Gasteiger partial charge < -0.3 is 0 Å². The largest absolute Gasteiger partial charge is 0.461 e. The van der Waals surface area contributed by atoms with E-state index in [-0.39, 0.29) is 5.92 Å². The van der Waals surface area contributed by atoms with Gasteiger partial charge in [0.2, 0.25) is 5.78 Å². The molecule has 6 heteroatoms. The normalized spacial score (nSPS) is 17.8. The second-order valence-electron chi connectivity index (χ2n) is 5.32. The maximum absolute atomic E-state index is 13.3.